The van der Waals surface area contributed by atoms with Crippen molar-refractivity contribution in [3.8, 4) is 11.5 Å². The van der Waals surface area contributed by atoms with Gasteiger partial charge in [0, 0.05) is 12.0 Å². The first-order chi connectivity index (χ1) is 16.3. The average molecular weight is 484 g/mol. The molecular weight excluding hydrogens is 453 g/mol. The van der Waals surface area contributed by atoms with Crippen LogP contribution in [-0.2, 0) is 33.2 Å². The molecule has 1 fully saturated rings. The molecule has 1 saturated carbocycles. The number of aryl methyl sites for hydroxylation is 3. The second kappa shape index (κ2) is 10.6. The van der Waals surface area contributed by atoms with Crippen LogP contribution in [0.5, 0.6) is 0 Å². The van der Waals surface area contributed by atoms with Crippen LogP contribution in [0.15, 0.2) is 52.9 Å². The van der Waals surface area contributed by atoms with E-state index in [0.29, 0.717) is 30.2 Å². The zero-order chi connectivity index (χ0) is 24.1. The van der Waals surface area contributed by atoms with Gasteiger partial charge in [0.1, 0.15) is 23.1 Å². The van der Waals surface area contributed by atoms with Gasteiger partial charge in [-0.15, -0.1) is 0 Å². The van der Waals surface area contributed by atoms with Gasteiger partial charge in [-0.3, -0.25) is 4.79 Å². The molecule has 0 spiro atoms. The van der Waals surface area contributed by atoms with Crippen molar-refractivity contribution in [1.29, 1.82) is 0 Å². The Balaban J connectivity index is 1.29. The SMILES string of the molecule is Cc1oc(-c2ccc(CCC3CC3)cc2)nc1CS(=O)(=O)CC(=O)CCCc1ccc(F)cc1. The van der Waals surface area contributed by atoms with E-state index in [9.17, 15) is 17.6 Å². The molecular formula is C27H30FNO4S. The van der Waals surface area contributed by atoms with Crippen LogP contribution in [0.1, 0.15) is 54.7 Å². The van der Waals surface area contributed by atoms with E-state index in [4.69, 9.17) is 4.42 Å². The van der Waals surface area contributed by atoms with Crippen LogP contribution < -0.4 is 0 Å². The molecule has 3 aromatic rings. The number of carbonyl (C=O) groups excluding carboxylic acids is 1. The summed E-state index contributed by atoms with van der Waals surface area (Å²) in [6.07, 6.45) is 6.26. The van der Waals surface area contributed by atoms with Gasteiger partial charge < -0.3 is 4.42 Å². The zero-order valence-electron chi connectivity index (χ0n) is 19.4. The van der Waals surface area contributed by atoms with E-state index in [1.165, 1.54) is 37.0 Å². The summed E-state index contributed by atoms with van der Waals surface area (Å²) in [5, 5.41) is 0. The third kappa shape index (κ3) is 7.10. The van der Waals surface area contributed by atoms with Crippen molar-refractivity contribution < 1.29 is 22.0 Å². The summed E-state index contributed by atoms with van der Waals surface area (Å²) >= 11 is 0. The maximum absolute atomic E-state index is 13.0. The molecule has 0 bridgehead atoms. The number of sulfone groups is 1. The van der Waals surface area contributed by atoms with Crippen molar-refractivity contribution in [2.45, 2.75) is 57.6 Å². The second-order valence-corrected chi connectivity index (χ2v) is 11.3. The lowest BCUT2D eigenvalue weighted by Gasteiger charge is -2.04. The molecule has 1 aliphatic carbocycles. The average Bonchev–Trinajstić information content (AvgIpc) is 3.56. The zero-order valence-corrected chi connectivity index (χ0v) is 20.2. The minimum Gasteiger partial charge on any atom is -0.441 e. The lowest BCUT2D eigenvalue weighted by molar-refractivity contribution is -0.116. The highest BCUT2D eigenvalue weighted by atomic mass is 32.2. The van der Waals surface area contributed by atoms with Gasteiger partial charge in [-0.2, -0.15) is 0 Å². The molecule has 0 radical (unpaired) electrons. The van der Waals surface area contributed by atoms with Gasteiger partial charge in [-0.05, 0) is 73.9 Å². The van der Waals surface area contributed by atoms with Crippen LogP contribution in [-0.4, -0.2) is 24.9 Å². The van der Waals surface area contributed by atoms with Crippen LogP contribution >= 0.6 is 0 Å². The van der Waals surface area contributed by atoms with Gasteiger partial charge in [0.25, 0.3) is 0 Å². The summed E-state index contributed by atoms with van der Waals surface area (Å²) in [6.45, 7) is 1.69. The molecule has 0 unspecified atom stereocenters. The first-order valence-corrected chi connectivity index (χ1v) is 13.6. The summed E-state index contributed by atoms with van der Waals surface area (Å²) in [4.78, 5) is 16.7. The van der Waals surface area contributed by atoms with Crippen molar-refractivity contribution >= 4 is 15.6 Å². The molecule has 7 heteroatoms. The maximum atomic E-state index is 13.0. The molecule has 1 aromatic heterocycles. The number of ketones is 1. The van der Waals surface area contributed by atoms with E-state index in [2.05, 4.69) is 17.1 Å². The van der Waals surface area contributed by atoms with Crippen LogP contribution in [0, 0.1) is 18.7 Å². The minimum atomic E-state index is -3.66. The number of hydrogen-bond acceptors (Lipinski definition) is 5. The topological polar surface area (TPSA) is 77.2 Å². The number of halogens is 1. The summed E-state index contributed by atoms with van der Waals surface area (Å²) in [5.41, 5.74) is 3.34. The Morgan fingerprint density at radius 2 is 1.68 bits per heavy atom. The Hall–Kier alpha value is -2.80. The molecule has 4 rings (SSSR count). The monoisotopic (exact) mass is 483 g/mol. The van der Waals surface area contributed by atoms with Gasteiger partial charge in [0.2, 0.25) is 5.89 Å². The molecule has 5 nitrogen and oxygen atoms in total. The van der Waals surface area contributed by atoms with Crippen molar-refractivity contribution in [3.63, 3.8) is 0 Å². The van der Waals surface area contributed by atoms with Gasteiger partial charge >= 0.3 is 0 Å². The number of Topliss-reactive ketones (excluding diaryl/α,β-unsaturated/α-hetero) is 1. The van der Waals surface area contributed by atoms with Crippen molar-refractivity contribution in [2.24, 2.45) is 5.92 Å². The summed E-state index contributed by atoms with van der Waals surface area (Å²) in [7, 11) is -3.66. The fraction of sp³-hybridized carbons (Fsp3) is 0.407. The van der Waals surface area contributed by atoms with E-state index >= 15 is 0 Å². The molecule has 2 aromatic carbocycles. The number of hydrogen-bond donors (Lipinski definition) is 0. The smallest absolute Gasteiger partial charge is 0.226 e. The van der Waals surface area contributed by atoms with Crippen LogP contribution in [0.25, 0.3) is 11.5 Å². The van der Waals surface area contributed by atoms with Crippen LogP contribution in [0.3, 0.4) is 0 Å². The Labute approximate surface area is 200 Å². The Morgan fingerprint density at radius 3 is 2.35 bits per heavy atom. The molecule has 1 aliphatic rings. The highest BCUT2D eigenvalue weighted by Crippen LogP contribution is 2.33. The fourth-order valence-corrected chi connectivity index (χ4v) is 5.42. The molecule has 34 heavy (non-hydrogen) atoms. The highest BCUT2D eigenvalue weighted by molar-refractivity contribution is 7.91. The predicted molar refractivity (Wildman–Crippen MR) is 130 cm³/mol. The van der Waals surface area contributed by atoms with E-state index in [0.717, 1.165) is 23.5 Å². The molecule has 0 amide bonds. The normalized spacial score (nSPS) is 13.8. The molecule has 0 saturated heterocycles. The first kappa shape index (κ1) is 24.3. The van der Waals surface area contributed by atoms with E-state index < -0.39 is 15.6 Å². The largest absolute Gasteiger partial charge is 0.441 e. The first-order valence-electron chi connectivity index (χ1n) is 11.8. The Kier molecular flexibility index (Phi) is 7.61. The summed E-state index contributed by atoms with van der Waals surface area (Å²) < 4.78 is 43.9. The van der Waals surface area contributed by atoms with Crippen LogP contribution in [0.2, 0.25) is 0 Å². The molecule has 0 N–H and O–H groups in total. The second-order valence-electron chi connectivity index (χ2n) is 9.25. The predicted octanol–water partition coefficient (Wildman–Crippen LogP) is 5.64. The summed E-state index contributed by atoms with van der Waals surface area (Å²) in [6, 6.07) is 14.1. The van der Waals surface area contributed by atoms with Crippen LogP contribution in [0.4, 0.5) is 4.39 Å². The van der Waals surface area contributed by atoms with Gasteiger partial charge in [-0.1, -0.05) is 37.1 Å². The number of benzene rings is 2. The third-order valence-corrected chi connectivity index (χ3v) is 7.68. The van der Waals surface area contributed by atoms with Crippen molar-refractivity contribution in [2.75, 3.05) is 5.75 Å². The van der Waals surface area contributed by atoms with Gasteiger partial charge in [0.05, 0.1) is 11.4 Å². The molecule has 1 heterocycles. The maximum Gasteiger partial charge on any atom is 0.226 e. The van der Waals surface area contributed by atoms with Gasteiger partial charge in [-0.25, -0.2) is 17.8 Å². The number of carbonyl (C=O) groups is 1. The Bertz CT molecular complexity index is 1230. The fourth-order valence-electron chi connectivity index (χ4n) is 3.99. The van der Waals surface area contributed by atoms with E-state index in [1.54, 1.807) is 19.1 Å². The van der Waals surface area contributed by atoms with E-state index in [1.807, 2.05) is 12.1 Å². The standard InChI is InChI=1S/C27H30FNO4S/c1-19-26(29-27(33-19)23-13-9-22(10-14-23)8-7-21-5-6-21)18-34(31,32)17-25(30)4-2-3-20-11-15-24(28)16-12-20/h9-16,21H,2-8,17-18H2,1H3. The van der Waals surface area contributed by atoms with E-state index in [-0.39, 0.29) is 23.8 Å². The lowest BCUT2D eigenvalue weighted by atomic mass is 10.1. The quantitative estimate of drug-likeness (QED) is 0.333. The molecule has 0 aliphatic heterocycles. The van der Waals surface area contributed by atoms with Gasteiger partial charge in [0.15, 0.2) is 9.84 Å². The highest BCUT2D eigenvalue weighted by Gasteiger charge is 2.22. The minimum absolute atomic E-state index is 0.159. The number of oxazole rings is 1. The van der Waals surface area contributed by atoms with Crippen molar-refractivity contribution in [1.82, 2.24) is 4.98 Å². The lowest BCUT2D eigenvalue weighted by Crippen LogP contribution is -2.18. The molecule has 180 valence electrons. The Morgan fingerprint density at radius 1 is 1.03 bits per heavy atom. The number of aromatic nitrogens is 1. The number of nitrogens with zero attached hydrogens (tertiary/aromatic N) is 1. The number of rotatable bonds is 12. The molecule has 0 atom stereocenters. The third-order valence-electron chi connectivity index (χ3n) is 6.20. The summed E-state index contributed by atoms with van der Waals surface area (Å²) in [5.74, 6) is 0.241. The van der Waals surface area contributed by atoms with Crippen molar-refractivity contribution in [3.05, 3.63) is 76.9 Å².